The third kappa shape index (κ3) is 5.55. The Morgan fingerprint density at radius 1 is 1.17 bits per heavy atom. The van der Waals surface area contributed by atoms with Crippen molar-refractivity contribution < 1.29 is 18.9 Å². The van der Waals surface area contributed by atoms with E-state index in [1.54, 1.807) is 69.8 Å². The van der Waals surface area contributed by atoms with Gasteiger partial charge in [0, 0.05) is 17.0 Å². The van der Waals surface area contributed by atoms with Crippen LogP contribution in [0.25, 0.3) is 17.4 Å². The summed E-state index contributed by atoms with van der Waals surface area (Å²) < 4.78 is 13.3. The van der Waals surface area contributed by atoms with Crippen LogP contribution in [0.4, 0.5) is 5.69 Å². The molecule has 0 fully saturated rings. The molecule has 2 aromatic carbocycles. The van der Waals surface area contributed by atoms with Gasteiger partial charge in [-0.3, -0.25) is 19.5 Å². The van der Waals surface area contributed by atoms with E-state index in [1.807, 2.05) is 30.5 Å². The minimum absolute atomic E-state index is 0.0611. The smallest absolute Gasteiger partial charge is 0.338 e. The van der Waals surface area contributed by atoms with Crippen LogP contribution in [0, 0.1) is 17.0 Å². The van der Waals surface area contributed by atoms with Gasteiger partial charge in [-0.15, -0.1) is 11.8 Å². The maximum Gasteiger partial charge on any atom is 0.338 e. The van der Waals surface area contributed by atoms with E-state index in [0.29, 0.717) is 37.7 Å². The van der Waals surface area contributed by atoms with E-state index in [9.17, 15) is 19.7 Å². The fourth-order valence-electron chi connectivity index (χ4n) is 4.67. The number of fused-ring (bicyclic) bond motifs is 1. The van der Waals surface area contributed by atoms with E-state index in [4.69, 9.17) is 9.15 Å². The Bertz CT molecular complexity index is 1880. The molecule has 0 saturated heterocycles. The number of thioether (sulfide) groups is 1. The Hall–Kier alpha value is -4.22. The number of esters is 1. The number of carbonyl (C=O) groups excluding carboxylic acids is 1. The van der Waals surface area contributed by atoms with Crippen molar-refractivity contribution >= 4 is 40.8 Å². The van der Waals surface area contributed by atoms with Crippen LogP contribution < -0.4 is 14.9 Å². The molecule has 0 aliphatic carbocycles. The van der Waals surface area contributed by atoms with E-state index < -0.39 is 16.9 Å². The van der Waals surface area contributed by atoms with Crippen molar-refractivity contribution in [2.24, 2.45) is 4.99 Å². The molecule has 3 heterocycles. The molecular weight excluding hydrogens is 562 g/mol. The SMILES string of the molecule is CSc1ccc([C@@H]2C(C(=O)OC(C)C)=C(C)N=c3s/c(=C\c4ccc(-c5ccc(C)cc5[N+](=O)[O-])o4)c(=O)n32)cc1. The fourth-order valence-corrected chi connectivity index (χ4v) is 6.10. The van der Waals surface area contributed by atoms with Gasteiger partial charge in [-0.1, -0.05) is 29.5 Å². The number of rotatable bonds is 7. The minimum atomic E-state index is -0.724. The molecule has 0 radical (unpaired) electrons. The van der Waals surface area contributed by atoms with Crippen molar-refractivity contribution in [1.82, 2.24) is 4.57 Å². The molecular formula is C30H27N3O6S2. The van der Waals surface area contributed by atoms with Gasteiger partial charge in [0.15, 0.2) is 4.80 Å². The zero-order chi connectivity index (χ0) is 29.4. The first kappa shape index (κ1) is 28.3. The van der Waals surface area contributed by atoms with Gasteiger partial charge in [-0.25, -0.2) is 9.79 Å². The van der Waals surface area contributed by atoms with Crippen LogP contribution in [0.3, 0.4) is 0 Å². The van der Waals surface area contributed by atoms with Gasteiger partial charge in [0.05, 0.1) is 38.4 Å². The maximum absolute atomic E-state index is 13.9. The average Bonchev–Trinajstić information content (AvgIpc) is 3.51. The van der Waals surface area contributed by atoms with E-state index in [-0.39, 0.29) is 17.4 Å². The number of aromatic nitrogens is 1. The average molecular weight is 590 g/mol. The van der Waals surface area contributed by atoms with E-state index >= 15 is 0 Å². The predicted octanol–water partition coefficient (Wildman–Crippen LogP) is 5.39. The number of hydrogen-bond acceptors (Lipinski definition) is 9. The predicted molar refractivity (Wildman–Crippen MR) is 159 cm³/mol. The summed E-state index contributed by atoms with van der Waals surface area (Å²) >= 11 is 2.78. The second kappa shape index (κ2) is 11.3. The van der Waals surface area contributed by atoms with Crippen LogP contribution in [-0.2, 0) is 9.53 Å². The standard InChI is InChI=1S/C30H27N3O6S2/c1-16(2)38-29(35)26-18(4)31-30-32(27(26)19-7-10-21(40-5)11-8-19)28(34)25(41-30)15-20-9-13-24(39-20)22-12-6-17(3)14-23(22)33(36)37/h6-16,27H,1-5H3/b25-15-/t27-/m1/s1. The van der Waals surface area contributed by atoms with Crippen LogP contribution in [0.15, 0.2) is 85.0 Å². The van der Waals surface area contributed by atoms with E-state index in [1.165, 1.54) is 22.0 Å². The minimum Gasteiger partial charge on any atom is -0.459 e. The molecule has 0 unspecified atom stereocenters. The second-order valence-electron chi connectivity index (χ2n) is 9.79. The lowest BCUT2D eigenvalue weighted by Gasteiger charge is -2.25. The van der Waals surface area contributed by atoms with Gasteiger partial charge in [0.2, 0.25) is 0 Å². The number of hydrogen-bond donors (Lipinski definition) is 0. The molecule has 0 bridgehead atoms. The highest BCUT2D eigenvalue weighted by molar-refractivity contribution is 7.98. The number of benzene rings is 2. The van der Waals surface area contributed by atoms with Crippen molar-refractivity contribution in [2.75, 3.05) is 6.26 Å². The summed E-state index contributed by atoms with van der Waals surface area (Å²) in [4.78, 5) is 44.4. The summed E-state index contributed by atoms with van der Waals surface area (Å²) in [5.74, 6) is 0.151. The Morgan fingerprint density at radius 2 is 1.90 bits per heavy atom. The van der Waals surface area contributed by atoms with Gasteiger partial charge < -0.3 is 9.15 Å². The monoisotopic (exact) mass is 589 g/mol. The molecule has 11 heteroatoms. The van der Waals surface area contributed by atoms with Gasteiger partial charge >= 0.3 is 5.97 Å². The topological polar surface area (TPSA) is 117 Å². The lowest BCUT2D eigenvalue weighted by molar-refractivity contribution is -0.384. The van der Waals surface area contributed by atoms with Crippen molar-refractivity contribution in [3.05, 3.63) is 113 Å². The largest absolute Gasteiger partial charge is 0.459 e. The van der Waals surface area contributed by atoms with Crippen molar-refractivity contribution in [3.63, 3.8) is 0 Å². The number of carbonyl (C=O) groups is 1. The van der Waals surface area contributed by atoms with Gasteiger partial charge in [-0.05, 0) is 75.4 Å². The summed E-state index contributed by atoms with van der Waals surface area (Å²) in [6, 6.07) is 15.2. The molecule has 5 rings (SSSR count). The molecule has 0 N–H and O–H groups in total. The fraction of sp³-hybridized carbons (Fsp3) is 0.233. The Kier molecular flexibility index (Phi) is 7.83. The highest BCUT2D eigenvalue weighted by Crippen LogP contribution is 2.33. The molecule has 0 amide bonds. The zero-order valence-electron chi connectivity index (χ0n) is 23.0. The normalized spacial score (nSPS) is 15.2. The van der Waals surface area contributed by atoms with Crippen LogP contribution in [0.1, 0.15) is 43.7 Å². The van der Waals surface area contributed by atoms with Gasteiger partial charge in [-0.2, -0.15) is 0 Å². The third-order valence-corrected chi connectivity index (χ3v) is 8.26. The Labute approximate surface area is 243 Å². The quantitative estimate of drug-likeness (QED) is 0.123. The molecule has 9 nitrogen and oxygen atoms in total. The van der Waals surface area contributed by atoms with Crippen LogP contribution in [0.5, 0.6) is 0 Å². The number of thiazole rings is 1. The van der Waals surface area contributed by atoms with Crippen molar-refractivity contribution in [1.29, 1.82) is 0 Å². The van der Waals surface area contributed by atoms with Gasteiger partial charge in [0.1, 0.15) is 11.5 Å². The maximum atomic E-state index is 13.9. The molecule has 210 valence electrons. The first-order valence-corrected chi connectivity index (χ1v) is 14.8. The summed E-state index contributed by atoms with van der Waals surface area (Å²) in [5, 5.41) is 11.6. The Balaban J connectivity index is 1.63. The first-order chi connectivity index (χ1) is 19.6. The molecule has 41 heavy (non-hydrogen) atoms. The lowest BCUT2D eigenvalue weighted by atomic mass is 9.96. The molecule has 1 atom stereocenters. The number of allylic oxidation sites excluding steroid dienone is 1. The first-order valence-electron chi connectivity index (χ1n) is 12.8. The number of nitro benzene ring substituents is 1. The molecule has 4 aromatic rings. The van der Waals surface area contributed by atoms with E-state index in [0.717, 1.165) is 16.0 Å². The summed E-state index contributed by atoms with van der Waals surface area (Å²) in [6.07, 6.45) is 3.22. The number of aryl methyl sites for hydroxylation is 1. The summed E-state index contributed by atoms with van der Waals surface area (Å²) in [6.45, 7) is 7.07. The zero-order valence-corrected chi connectivity index (χ0v) is 24.7. The van der Waals surface area contributed by atoms with Gasteiger partial charge in [0.25, 0.3) is 11.2 Å². The second-order valence-corrected chi connectivity index (χ2v) is 11.7. The number of ether oxygens (including phenoxy) is 1. The van der Waals surface area contributed by atoms with Crippen molar-refractivity contribution in [2.45, 2.75) is 44.7 Å². The number of nitrogens with zero attached hydrogens (tertiary/aromatic N) is 3. The van der Waals surface area contributed by atoms with Crippen LogP contribution in [0.2, 0.25) is 0 Å². The molecule has 1 aliphatic heterocycles. The highest BCUT2D eigenvalue weighted by Gasteiger charge is 2.33. The molecule has 2 aromatic heterocycles. The molecule has 0 saturated carbocycles. The highest BCUT2D eigenvalue weighted by atomic mass is 32.2. The Morgan fingerprint density at radius 3 is 2.56 bits per heavy atom. The number of furan rings is 1. The van der Waals surface area contributed by atoms with Crippen LogP contribution >= 0.6 is 23.1 Å². The van der Waals surface area contributed by atoms with Crippen molar-refractivity contribution in [3.8, 4) is 11.3 Å². The van der Waals surface area contributed by atoms with Crippen LogP contribution in [-0.4, -0.2) is 27.8 Å². The molecule has 0 spiro atoms. The third-order valence-electron chi connectivity index (χ3n) is 6.53. The summed E-state index contributed by atoms with van der Waals surface area (Å²) in [7, 11) is 0. The molecule has 1 aliphatic rings. The summed E-state index contributed by atoms with van der Waals surface area (Å²) in [5.41, 5.74) is 2.25. The number of nitro groups is 1. The van der Waals surface area contributed by atoms with E-state index in [2.05, 4.69) is 4.99 Å². The lowest BCUT2D eigenvalue weighted by Crippen LogP contribution is -2.40.